The van der Waals surface area contributed by atoms with E-state index in [1.165, 1.54) is 18.2 Å². The van der Waals surface area contributed by atoms with Crippen LogP contribution in [0.25, 0.3) is 0 Å². The van der Waals surface area contributed by atoms with E-state index in [-0.39, 0.29) is 41.7 Å². The van der Waals surface area contributed by atoms with Gasteiger partial charge in [0.25, 0.3) is 0 Å². The van der Waals surface area contributed by atoms with Crippen molar-refractivity contribution in [1.29, 1.82) is 0 Å². The predicted molar refractivity (Wildman–Crippen MR) is 102 cm³/mol. The first kappa shape index (κ1) is 21.7. The summed E-state index contributed by atoms with van der Waals surface area (Å²) in [6.07, 6.45) is 0.230. The van der Waals surface area contributed by atoms with Crippen molar-refractivity contribution in [1.82, 2.24) is 4.90 Å². The van der Waals surface area contributed by atoms with Gasteiger partial charge in [0.15, 0.2) is 15.6 Å². The maximum absolute atomic E-state index is 13.0. The first-order valence-corrected chi connectivity index (χ1v) is 11.6. The molecule has 0 aromatic heterocycles. The molecule has 1 aliphatic carbocycles. The summed E-state index contributed by atoms with van der Waals surface area (Å²) in [6, 6.07) is 5.11. The SMILES string of the molecule is O=C(CNc1ccccc1OC(F)(F)F)N(C1CCCCC1)C1CCS(=O)(=O)C1. The third-order valence-corrected chi connectivity index (χ3v) is 7.15. The van der Waals surface area contributed by atoms with Crippen LogP contribution < -0.4 is 10.1 Å². The summed E-state index contributed by atoms with van der Waals surface area (Å²) in [4.78, 5) is 14.7. The zero-order valence-electron chi connectivity index (χ0n) is 16.0. The van der Waals surface area contributed by atoms with Crippen LogP contribution in [0.3, 0.4) is 0 Å². The third-order valence-electron chi connectivity index (χ3n) is 5.40. The number of amides is 1. The Hall–Kier alpha value is -1.97. The van der Waals surface area contributed by atoms with Gasteiger partial charge < -0.3 is 15.0 Å². The number of benzene rings is 1. The molecule has 1 unspecified atom stereocenters. The van der Waals surface area contributed by atoms with Gasteiger partial charge in [0, 0.05) is 12.1 Å². The number of carbonyl (C=O) groups is 1. The topological polar surface area (TPSA) is 75.7 Å². The van der Waals surface area contributed by atoms with E-state index in [2.05, 4.69) is 10.1 Å². The van der Waals surface area contributed by atoms with Gasteiger partial charge in [0.1, 0.15) is 0 Å². The van der Waals surface area contributed by atoms with Gasteiger partial charge in [-0.05, 0) is 31.4 Å². The van der Waals surface area contributed by atoms with Crippen molar-refractivity contribution < 1.29 is 31.1 Å². The van der Waals surface area contributed by atoms with Crippen molar-refractivity contribution >= 4 is 21.4 Å². The fraction of sp³-hybridized carbons (Fsp3) is 0.632. The molecule has 0 radical (unpaired) electrons. The van der Waals surface area contributed by atoms with Crippen LogP contribution in [0.15, 0.2) is 24.3 Å². The second-order valence-corrected chi connectivity index (χ2v) is 9.78. The van der Waals surface area contributed by atoms with E-state index < -0.39 is 21.9 Å². The van der Waals surface area contributed by atoms with E-state index in [9.17, 15) is 26.4 Å². The first-order chi connectivity index (χ1) is 13.6. The zero-order valence-corrected chi connectivity index (χ0v) is 16.8. The summed E-state index contributed by atoms with van der Waals surface area (Å²) in [5.41, 5.74) is 0.0563. The van der Waals surface area contributed by atoms with E-state index in [4.69, 9.17) is 0 Å². The van der Waals surface area contributed by atoms with Crippen molar-refractivity contribution in [3.63, 3.8) is 0 Å². The van der Waals surface area contributed by atoms with Crippen molar-refractivity contribution in [3.8, 4) is 5.75 Å². The van der Waals surface area contributed by atoms with Crippen molar-refractivity contribution in [2.24, 2.45) is 0 Å². The summed E-state index contributed by atoms with van der Waals surface area (Å²) in [5, 5.41) is 2.73. The number of hydrogen-bond donors (Lipinski definition) is 1. The van der Waals surface area contributed by atoms with Gasteiger partial charge in [-0.3, -0.25) is 4.79 Å². The van der Waals surface area contributed by atoms with Crippen LogP contribution in [-0.4, -0.2) is 55.7 Å². The summed E-state index contributed by atoms with van der Waals surface area (Å²) in [7, 11) is -3.17. The molecular weight excluding hydrogens is 409 g/mol. The predicted octanol–water partition coefficient (Wildman–Crippen LogP) is 3.35. The summed E-state index contributed by atoms with van der Waals surface area (Å²) in [6.45, 7) is -0.231. The number of halogens is 3. The van der Waals surface area contributed by atoms with Crippen LogP contribution in [0, 0.1) is 0 Å². The second-order valence-electron chi connectivity index (χ2n) is 7.55. The van der Waals surface area contributed by atoms with Crippen molar-refractivity contribution in [3.05, 3.63) is 24.3 Å². The smallest absolute Gasteiger partial charge is 0.404 e. The number of hydrogen-bond acceptors (Lipinski definition) is 5. The Balaban J connectivity index is 1.72. The Bertz CT molecular complexity index is 823. The molecule has 1 aromatic rings. The highest BCUT2D eigenvalue weighted by Gasteiger charge is 2.38. The van der Waals surface area contributed by atoms with E-state index in [0.717, 1.165) is 32.1 Å². The molecule has 1 aliphatic heterocycles. The highest BCUT2D eigenvalue weighted by Crippen LogP contribution is 2.31. The molecule has 3 rings (SSSR count). The third kappa shape index (κ3) is 6.01. The molecule has 0 bridgehead atoms. The van der Waals surface area contributed by atoms with Gasteiger partial charge in [0.05, 0.1) is 23.7 Å². The fourth-order valence-electron chi connectivity index (χ4n) is 4.15. The number of carbonyl (C=O) groups excluding carboxylic acids is 1. The number of ether oxygens (including phenoxy) is 1. The lowest BCUT2D eigenvalue weighted by Crippen LogP contribution is -2.50. The maximum atomic E-state index is 13.0. The van der Waals surface area contributed by atoms with E-state index in [1.807, 2.05) is 0 Å². The largest absolute Gasteiger partial charge is 0.573 e. The van der Waals surface area contributed by atoms with Crippen LogP contribution in [0.1, 0.15) is 38.5 Å². The molecule has 29 heavy (non-hydrogen) atoms. The molecule has 10 heteroatoms. The average Bonchev–Trinajstić information content (AvgIpc) is 3.00. The maximum Gasteiger partial charge on any atom is 0.573 e. The van der Waals surface area contributed by atoms with Gasteiger partial charge in [-0.1, -0.05) is 31.4 Å². The summed E-state index contributed by atoms with van der Waals surface area (Å²) >= 11 is 0. The van der Waals surface area contributed by atoms with Gasteiger partial charge in [-0.2, -0.15) is 0 Å². The number of nitrogens with zero attached hydrogens (tertiary/aromatic N) is 1. The number of rotatable bonds is 6. The van der Waals surface area contributed by atoms with Crippen molar-refractivity contribution in [2.75, 3.05) is 23.4 Å². The molecule has 1 saturated heterocycles. The quantitative estimate of drug-likeness (QED) is 0.743. The van der Waals surface area contributed by atoms with E-state index in [0.29, 0.717) is 6.42 Å². The molecule has 1 amide bonds. The Morgan fingerprint density at radius 3 is 2.41 bits per heavy atom. The molecule has 1 heterocycles. The highest BCUT2D eigenvalue weighted by molar-refractivity contribution is 7.91. The zero-order chi connectivity index (χ0) is 21.1. The molecule has 2 fully saturated rings. The molecule has 0 spiro atoms. The lowest BCUT2D eigenvalue weighted by atomic mass is 9.93. The summed E-state index contributed by atoms with van der Waals surface area (Å²) < 4.78 is 65.6. The molecule has 6 nitrogen and oxygen atoms in total. The number of anilines is 1. The Labute approximate surface area is 168 Å². The van der Waals surface area contributed by atoms with Crippen molar-refractivity contribution in [2.45, 2.75) is 57.0 Å². The monoisotopic (exact) mass is 434 g/mol. The number of para-hydroxylation sites is 2. The molecule has 1 atom stereocenters. The van der Waals surface area contributed by atoms with Crippen LogP contribution in [-0.2, 0) is 14.6 Å². The molecule has 1 aromatic carbocycles. The van der Waals surface area contributed by atoms with Crippen LogP contribution in [0.5, 0.6) is 5.75 Å². The van der Waals surface area contributed by atoms with Crippen LogP contribution in [0.2, 0.25) is 0 Å². The summed E-state index contributed by atoms with van der Waals surface area (Å²) in [5.74, 6) is -0.714. The average molecular weight is 434 g/mol. The number of nitrogens with one attached hydrogen (secondary N) is 1. The minimum Gasteiger partial charge on any atom is -0.404 e. The Morgan fingerprint density at radius 2 is 1.79 bits per heavy atom. The minimum atomic E-state index is -4.84. The standard InChI is InChI=1S/C19H25F3N2O4S/c20-19(21,22)28-17-9-5-4-8-16(17)23-12-18(25)24(14-6-2-1-3-7-14)15-10-11-29(26,27)13-15/h4-5,8-9,14-15,23H,1-3,6-7,10-13H2. The molecule has 1 N–H and O–H groups in total. The minimum absolute atomic E-state index is 0.0296. The molecule has 1 saturated carbocycles. The normalized spacial score (nSPS) is 22.2. The van der Waals surface area contributed by atoms with E-state index >= 15 is 0 Å². The fourth-order valence-corrected chi connectivity index (χ4v) is 5.86. The van der Waals surface area contributed by atoms with Gasteiger partial charge in [0.2, 0.25) is 5.91 Å². The van der Waals surface area contributed by atoms with Gasteiger partial charge in [-0.25, -0.2) is 8.42 Å². The number of sulfone groups is 1. The van der Waals surface area contributed by atoms with Crippen LogP contribution >= 0.6 is 0 Å². The molecular formula is C19H25F3N2O4S. The molecule has 162 valence electrons. The lowest BCUT2D eigenvalue weighted by molar-refractivity contribution is -0.274. The van der Waals surface area contributed by atoms with Gasteiger partial charge in [-0.15, -0.1) is 13.2 Å². The van der Waals surface area contributed by atoms with Gasteiger partial charge >= 0.3 is 6.36 Å². The second kappa shape index (κ2) is 8.81. The Morgan fingerprint density at radius 1 is 1.10 bits per heavy atom. The lowest BCUT2D eigenvalue weighted by Gasteiger charge is -2.38. The highest BCUT2D eigenvalue weighted by atomic mass is 32.2. The first-order valence-electron chi connectivity index (χ1n) is 9.75. The Kier molecular flexibility index (Phi) is 6.60. The molecule has 2 aliphatic rings. The van der Waals surface area contributed by atoms with E-state index in [1.54, 1.807) is 11.0 Å². The number of alkyl halides is 3. The van der Waals surface area contributed by atoms with Crippen LogP contribution in [0.4, 0.5) is 18.9 Å².